The van der Waals surface area contributed by atoms with E-state index in [4.69, 9.17) is 9.47 Å². The Morgan fingerprint density at radius 2 is 1.67 bits per heavy atom. The molecule has 7 nitrogen and oxygen atoms in total. The number of hydrogen-bond acceptors (Lipinski definition) is 6. The third-order valence-corrected chi connectivity index (χ3v) is 3.65. The lowest BCUT2D eigenvalue weighted by atomic mass is 10.1. The van der Waals surface area contributed by atoms with Gasteiger partial charge in [-0.05, 0) is 42.8 Å². The first-order chi connectivity index (χ1) is 12.8. The van der Waals surface area contributed by atoms with Crippen LogP contribution >= 0.6 is 0 Å². The number of rotatable bonds is 6. The van der Waals surface area contributed by atoms with Crippen LogP contribution in [0.3, 0.4) is 0 Å². The summed E-state index contributed by atoms with van der Waals surface area (Å²) in [5, 5.41) is 2.55. The maximum Gasteiger partial charge on any atom is 0.338 e. The fourth-order valence-electron chi connectivity index (χ4n) is 2.20. The Balaban J connectivity index is 1.99. The highest BCUT2D eigenvalue weighted by Gasteiger charge is 2.15. The van der Waals surface area contributed by atoms with Gasteiger partial charge in [-0.3, -0.25) is 4.79 Å². The number of anilines is 1. The zero-order valence-electron chi connectivity index (χ0n) is 15.0. The molecule has 0 unspecified atom stereocenters. The van der Waals surface area contributed by atoms with Gasteiger partial charge in [-0.2, -0.15) is 0 Å². The number of benzene rings is 2. The number of carbonyl (C=O) groups is 3. The van der Waals surface area contributed by atoms with Crippen LogP contribution in [0.1, 0.15) is 26.3 Å². The molecule has 2 aromatic rings. The van der Waals surface area contributed by atoms with Crippen molar-refractivity contribution in [1.29, 1.82) is 0 Å². The van der Waals surface area contributed by atoms with Crippen molar-refractivity contribution in [2.45, 2.75) is 6.92 Å². The minimum atomic E-state index is -0.855. The fraction of sp³-hybridized carbons (Fsp3) is 0.211. The molecule has 1 amide bonds. The van der Waals surface area contributed by atoms with E-state index < -0.39 is 30.3 Å². The third kappa shape index (κ3) is 5.04. The van der Waals surface area contributed by atoms with Gasteiger partial charge in [-0.25, -0.2) is 14.0 Å². The molecule has 0 heterocycles. The second-order valence-electron chi connectivity index (χ2n) is 5.49. The van der Waals surface area contributed by atoms with Crippen LogP contribution in [-0.4, -0.2) is 38.7 Å². The van der Waals surface area contributed by atoms with Crippen LogP contribution in [-0.2, 0) is 14.3 Å². The fourth-order valence-corrected chi connectivity index (χ4v) is 2.20. The standard InChI is InChI=1S/C19H18FNO6/c1-11-4-5-13(18(23)26-3)9-15(11)21-17(22)10-27-19(24)12-6-7-16(25-2)14(20)8-12/h4-9H,10H2,1-3H3,(H,21,22). The van der Waals surface area contributed by atoms with Crippen LogP contribution in [0.5, 0.6) is 5.75 Å². The smallest absolute Gasteiger partial charge is 0.338 e. The highest BCUT2D eigenvalue weighted by atomic mass is 19.1. The number of aryl methyl sites for hydroxylation is 1. The number of hydrogen-bond donors (Lipinski definition) is 1. The van der Waals surface area contributed by atoms with E-state index in [1.54, 1.807) is 19.1 Å². The van der Waals surface area contributed by atoms with Crippen molar-refractivity contribution in [3.05, 3.63) is 58.9 Å². The lowest BCUT2D eigenvalue weighted by Crippen LogP contribution is -2.21. The number of methoxy groups -OCH3 is 2. The van der Waals surface area contributed by atoms with Gasteiger partial charge in [0.15, 0.2) is 18.2 Å². The van der Waals surface area contributed by atoms with Gasteiger partial charge in [0.2, 0.25) is 0 Å². The van der Waals surface area contributed by atoms with E-state index in [0.29, 0.717) is 11.3 Å². The van der Waals surface area contributed by atoms with Gasteiger partial charge >= 0.3 is 11.9 Å². The summed E-state index contributed by atoms with van der Waals surface area (Å²) in [4.78, 5) is 35.5. The van der Waals surface area contributed by atoms with Gasteiger partial charge in [0.1, 0.15) is 0 Å². The van der Waals surface area contributed by atoms with Crippen LogP contribution in [0.4, 0.5) is 10.1 Å². The molecule has 0 aliphatic heterocycles. The normalized spacial score (nSPS) is 10.1. The van der Waals surface area contributed by atoms with Crippen molar-refractivity contribution < 1.29 is 33.0 Å². The predicted molar refractivity (Wildman–Crippen MR) is 94.4 cm³/mol. The Hall–Kier alpha value is -3.42. The maximum absolute atomic E-state index is 13.6. The van der Waals surface area contributed by atoms with Gasteiger partial charge < -0.3 is 19.5 Å². The molecule has 1 N–H and O–H groups in total. The van der Waals surface area contributed by atoms with Crippen molar-refractivity contribution in [2.24, 2.45) is 0 Å². The number of ether oxygens (including phenoxy) is 3. The van der Waals surface area contributed by atoms with E-state index in [2.05, 4.69) is 10.1 Å². The number of amides is 1. The van der Waals surface area contributed by atoms with Gasteiger partial charge in [0.25, 0.3) is 5.91 Å². The molecule has 27 heavy (non-hydrogen) atoms. The lowest BCUT2D eigenvalue weighted by molar-refractivity contribution is -0.119. The van der Waals surface area contributed by atoms with Crippen LogP contribution < -0.4 is 10.1 Å². The molecule has 0 aliphatic carbocycles. The van der Waals surface area contributed by atoms with Gasteiger partial charge in [0.05, 0.1) is 25.3 Å². The van der Waals surface area contributed by atoms with Crippen molar-refractivity contribution in [3.63, 3.8) is 0 Å². The SMILES string of the molecule is COC(=O)c1ccc(C)c(NC(=O)COC(=O)c2ccc(OC)c(F)c2)c1. The molecular weight excluding hydrogens is 357 g/mol. The summed E-state index contributed by atoms with van der Waals surface area (Å²) in [6, 6.07) is 8.24. The molecule has 2 rings (SSSR count). The molecule has 0 bridgehead atoms. The Morgan fingerprint density at radius 1 is 1.00 bits per heavy atom. The molecular formula is C19H18FNO6. The monoisotopic (exact) mass is 375 g/mol. The van der Waals surface area contributed by atoms with Crippen molar-refractivity contribution in [3.8, 4) is 5.75 Å². The zero-order chi connectivity index (χ0) is 20.0. The topological polar surface area (TPSA) is 90.9 Å². The molecule has 0 saturated heterocycles. The predicted octanol–water partition coefficient (Wildman–Crippen LogP) is 2.72. The molecule has 0 atom stereocenters. The first kappa shape index (κ1) is 19.9. The molecule has 0 saturated carbocycles. The van der Waals surface area contributed by atoms with Crippen molar-refractivity contribution >= 4 is 23.5 Å². The number of nitrogens with one attached hydrogen (secondary N) is 1. The van der Waals surface area contributed by atoms with Crippen LogP contribution in [0, 0.1) is 12.7 Å². The summed E-state index contributed by atoms with van der Waals surface area (Å²) in [6.45, 7) is 1.16. The summed E-state index contributed by atoms with van der Waals surface area (Å²) >= 11 is 0. The quantitative estimate of drug-likeness (QED) is 0.781. The summed E-state index contributed by atoms with van der Waals surface area (Å²) < 4.78 is 27.9. The molecule has 0 fully saturated rings. The summed E-state index contributed by atoms with van der Waals surface area (Å²) in [5.74, 6) is -2.73. The van der Waals surface area contributed by atoms with Crippen molar-refractivity contribution in [2.75, 3.05) is 26.1 Å². The minimum Gasteiger partial charge on any atom is -0.494 e. The summed E-state index contributed by atoms with van der Waals surface area (Å²) in [7, 11) is 2.56. The zero-order valence-corrected chi connectivity index (χ0v) is 15.0. The summed E-state index contributed by atoms with van der Waals surface area (Å²) in [6.07, 6.45) is 0. The Labute approximate surface area is 155 Å². The Bertz CT molecular complexity index is 880. The minimum absolute atomic E-state index is 0.00902. The van der Waals surface area contributed by atoms with Gasteiger partial charge in [-0.15, -0.1) is 0 Å². The molecule has 0 aromatic heterocycles. The Kier molecular flexibility index (Phi) is 6.48. The summed E-state index contributed by atoms with van der Waals surface area (Å²) in [5.41, 5.74) is 1.31. The molecule has 0 spiro atoms. The number of esters is 2. The van der Waals surface area contributed by atoms with E-state index in [9.17, 15) is 18.8 Å². The molecule has 0 aliphatic rings. The second kappa shape index (κ2) is 8.79. The lowest BCUT2D eigenvalue weighted by Gasteiger charge is -2.10. The van der Waals surface area contributed by atoms with Crippen LogP contribution in [0.15, 0.2) is 36.4 Å². The van der Waals surface area contributed by atoms with E-state index in [1.807, 2.05) is 0 Å². The van der Waals surface area contributed by atoms with Crippen molar-refractivity contribution in [1.82, 2.24) is 0 Å². The maximum atomic E-state index is 13.6. The average molecular weight is 375 g/mol. The van der Waals surface area contributed by atoms with Crippen LogP contribution in [0.2, 0.25) is 0 Å². The number of carbonyl (C=O) groups excluding carboxylic acids is 3. The number of halogens is 1. The highest BCUT2D eigenvalue weighted by Crippen LogP contribution is 2.19. The Morgan fingerprint density at radius 3 is 2.30 bits per heavy atom. The van der Waals surface area contributed by atoms with E-state index in [1.165, 1.54) is 32.4 Å². The molecule has 142 valence electrons. The van der Waals surface area contributed by atoms with Gasteiger partial charge in [0, 0.05) is 5.69 Å². The van der Waals surface area contributed by atoms with Crippen LogP contribution in [0.25, 0.3) is 0 Å². The average Bonchev–Trinajstić information content (AvgIpc) is 2.67. The molecule has 0 radical (unpaired) electrons. The third-order valence-electron chi connectivity index (χ3n) is 3.65. The van der Waals surface area contributed by atoms with E-state index in [-0.39, 0.29) is 16.9 Å². The van der Waals surface area contributed by atoms with E-state index in [0.717, 1.165) is 6.07 Å². The molecule has 2 aromatic carbocycles. The van der Waals surface area contributed by atoms with E-state index >= 15 is 0 Å². The first-order valence-electron chi connectivity index (χ1n) is 7.85. The first-order valence-corrected chi connectivity index (χ1v) is 7.85. The highest BCUT2D eigenvalue weighted by molar-refractivity contribution is 5.97. The van der Waals surface area contributed by atoms with Gasteiger partial charge in [-0.1, -0.05) is 6.07 Å². The molecule has 8 heteroatoms. The largest absolute Gasteiger partial charge is 0.494 e. The second-order valence-corrected chi connectivity index (χ2v) is 5.49.